The maximum atomic E-state index is 11.3. The molecule has 0 radical (unpaired) electrons. The van der Waals surface area contributed by atoms with E-state index >= 15 is 0 Å². The molecule has 0 bridgehead atoms. The molecule has 15 heavy (non-hydrogen) atoms. The summed E-state index contributed by atoms with van der Waals surface area (Å²) in [5, 5.41) is 0. The zero-order chi connectivity index (χ0) is 10.7. The Labute approximate surface area is 95.3 Å². The van der Waals surface area contributed by atoms with Crippen LogP contribution in [-0.4, -0.2) is 11.5 Å². The van der Waals surface area contributed by atoms with Crippen LogP contribution in [0.4, 0.5) is 0 Å². The lowest BCUT2D eigenvalue weighted by Crippen LogP contribution is -2.32. The van der Waals surface area contributed by atoms with E-state index in [0.717, 1.165) is 18.6 Å². The van der Waals surface area contributed by atoms with Gasteiger partial charge in [0.25, 0.3) is 0 Å². The van der Waals surface area contributed by atoms with Crippen molar-refractivity contribution in [3.05, 3.63) is 30.3 Å². The van der Waals surface area contributed by atoms with E-state index < -0.39 is 0 Å². The van der Waals surface area contributed by atoms with Gasteiger partial charge in [-0.1, -0.05) is 25.1 Å². The molecule has 1 aliphatic carbocycles. The fraction of sp³-hybridized carbons (Fsp3) is 0.462. The predicted octanol–water partition coefficient (Wildman–Crippen LogP) is 3.39. The average Bonchev–Trinajstić information content (AvgIpc) is 2.26. The molecule has 80 valence electrons. The van der Waals surface area contributed by atoms with E-state index in [-0.39, 0.29) is 0 Å². The molecular formula is C13H16OS. The summed E-state index contributed by atoms with van der Waals surface area (Å²) in [6.07, 6.45) is 1.92. The van der Waals surface area contributed by atoms with E-state index in [2.05, 4.69) is 31.2 Å². The first-order valence-corrected chi connectivity index (χ1v) is 6.46. The standard InChI is InChI=1S/C13H16OS/c1-10(12-7-8-13(12)14)9-15-11-5-3-2-4-6-11/h2-6,10,12H,7-9H2,1H3. The number of hydrogen-bond acceptors (Lipinski definition) is 2. The van der Waals surface area contributed by atoms with Crippen molar-refractivity contribution >= 4 is 17.5 Å². The van der Waals surface area contributed by atoms with Crippen LogP contribution >= 0.6 is 11.8 Å². The predicted molar refractivity (Wildman–Crippen MR) is 64.1 cm³/mol. The number of carbonyl (C=O) groups excluding carboxylic acids is 1. The van der Waals surface area contributed by atoms with Crippen LogP contribution in [0.25, 0.3) is 0 Å². The minimum atomic E-state index is 0.348. The molecule has 0 aromatic heterocycles. The molecule has 2 heteroatoms. The molecule has 1 aromatic carbocycles. The van der Waals surface area contributed by atoms with Crippen molar-refractivity contribution in [2.75, 3.05) is 5.75 Å². The minimum absolute atomic E-state index is 0.348. The minimum Gasteiger partial charge on any atom is -0.299 e. The molecule has 1 nitrogen and oxygen atoms in total. The summed E-state index contributed by atoms with van der Waals surface area (Å²) in [6, 6.07) is 10.4. The van der Waals surface area contributed by atoms with Crippen molar-refractivity contribution in [3.63, 3.8) is 0 Å². The van der Waals surface area contributed by atoms with Crippen LogP contribution in [0.15, 0.2) is 35.2 Å². The van der Waals surface area contributed by atoms with Gasteiger partial charge in [0.1, 0.15) is 5.78 Å². The molecule has 2 rings (SSSR count). The molecule has 0 N–H and O–H groups in total. The van der Waals surface area contributed by atoms with E-state index in [1.807, 2.05) is 17.8 Å². The Morgan fingerprint density at radius 3 is 2.67 bits per heavy atom. The Bertz CT molecular complexity index is 334. The monoisotopic (exact) mass is 220 g/mol. The Morgan fingerprint density at radius 1 is 1.40 bits per heavy atom. The molecule has 1 aliphatic rings. The van der Waals surface area contributed by atoms with Crippen molar-refractivity contribution in [3.8, 4) is 0 Å². The molecule has 0 amide bonds. The average molecular weight is 220 g/mol. The molecule has 1 fully saturated rings. The molecule has 1 aromatic rings. The van der Waals surface area contributed by atoms with Gasteiger partial charge in [0.2, 0.25) is 0 Å². The SMILES string of the molecule is CC(CSc1ccccc1)C1CCC1=O. The second kappa shape index (κ2) is 4.84. The Kier molecular flexibility index (Phi) is 3.47. The first-order valence-electron chi connectivity index (χ1n) is 5.48. The highest BCUT2D eigenvalue weighted by Gasteiger charge is 2.32. The van der Waals surface area contributed by atoms with Crippen molar-refractivity contribution < 1.29 is 4.79 Å². The van der Waals surface area contributed by atoms with Crippen molar-refractivity contribution in [1.82, 2.24) is 0 Å². The topological polar surface area (TPSA) is 17.1 Å². The normalized spacial score (nSPS) is 22.2. The first-order chi connectivity index (χ1) is 7.27. The number of rotatable bonds is 4. The summed E-state index contributed by atoms with van der Waals surface area (Å²) < 4.78 is 0. The van der Waals surface area contributed by atoms with Crippen molar-refractivity contribution in [2.24, 2.45) is 11.8 Å². The van der Waals surface area contributed by atoms with E-state index in [9.17, 15) is 4.79 Å². The summed E-state index contributed by atoms with van der Waals surface area (Å²) in [5.41, 5.74) is 0. The maximum absolute atomic E-state index is 11.3. The van der Waals surface area contributed by atoms with Crippen LogP contribution in [0.2, 0.25) is 0 Å². The van der Waals surface area contributed by atoms with E-state index in [1.54, 1.807) is 0 Å². The van der Waals surface area contributed by atoms with Gasteiger partial charge in [0.15, 0.2) is 0 Å². The van der Waals surface area contributed by atoms with Crippen LogP contribution in [0.1, 0.15) is 19.8 Å². The van der Waals surface area contributed by atoms with E-state index in [1.165, 1.54) is 4.90 Å². The van der Waals surface area contributed by atoms with Crippen LogP contribution in [-0.2, 0) is 4.79 Å². The highest BCUT2D eigenvalue weighted by molar-refractivity contribution is 7.99. The Morgan fingerprint density at radius 2 is 2.13 bits per heavy atom. The van der Waals surface area contributed by atoms with Gasteiger partial charge in [-0.2, -0.15) is 0 Å². The number of hydrogen-bond donors (Lipinski definition) is 0. The third-order valence-electron chi connectivity index (χ3n) is 3.06. The van der Waals surface area contributed by atoms with Gasteiger partial charge >= 0.3 is 0 Å². The van der Waals surface area contributed by atoms with Crippen molar-refractivity contribution in [2.45, 2.75) is 24.7 Å². The van der Waals surface area contributed by atoms with Gasteiger partial charge in [-0.05, 0) is 24.5 Å². The quantitative estimate of drug-likeness (QED) is 0.723. The second-order valence-electron chi connectivity index (χ2n) is 4.21. The number of thioether (sulfide) groups is 1. The lowest BCUT2D eigenvalue weighted by molar-refractivity contribution is -0.130. The molecule has 2 atom stereocenters. The molecule has 0 aliphatic heterocycles. The summed E-state index contributed by atoms with van der Waals surface area (Å²) in [7, 11) is 0. The summed E-state index contributed by atoms with van der Waals surface area (Å²) in [6.45, 7) is 2.19. The lowest BCUT2D eigenvalue weighted by atomic mass is 9.76. The summed E-state index contributed by atoms with van der Waals surface area (Å²) in [5.74, 6) is 2.40. The number of ketones is 1. The van der Waals surface area contributed by atoms with Crippen molar-refractivity contribution in [1.29, 1.82) is 0 Å². The lowest BCUT2D eigenvalue weighted by Gasteiger charge is -2.29. The zero-order valence-electron chi connectivity index (χ0n) is 8.98. The molecular weight excluding hydrogens is 204 g/mol. The van der Waals surface area contributed by atoms with Crippen LogP contribution in [0.5, 0.6) is 0 Å². The molecule has 1 saturated carbocycles. The maximum Gasteiger partial charge on any atom is 0.136 e. The molecule has 0 heterocycles. The molecule has 0 spiro atoms. The number of carbonyl (C=O) groups is 1. The number of benzene rings is 1. The van der Waals surface area contributed by atoms with Gasteiger partial charge < -0.3 is 0 Å². The highest BCUT2D eigenvalue weighted by atomic mass is 32.2. The fourth-order valence-electron chi connectivity index (χ4n) is 1.89. The van der Waals surface area contributed by atoms with E-state index in [0.29, 0.717) is 17.6 Å². The smallest absolute Gasteiger partial charge is 0.136 e. The number of Topliss-reactive ketones (excluding diaryl/α,β-unsaturated/α-hetero) is 1. The largest absolute Gasteiger partial charge is 0.299 e. The van der Waals surface area contributed by atoms with Gasteiger partial charge in [0, 0.05) is 23.0 Å². The first kappa shape index (κ1) is 10.7. The van der Waals surface area contributed by atoms with Crippen LogP contribution in [0.3, 0.4) is 0 Å². The molecule has 2 unspecified atom stereocenters. The van der Waals surface area contributed by atoms with E-state index in [4.69, 9.17) is 0 Å². The summed E-state index contributed by atoms with van der Waals surface area (Å²) in [4.78, 5) is 12.6. The van der Waals surface area contributed by atoms with Crippen LogP contribution in [0, 0.1) is 11.8 Å². The van der Waals surface area contributed by atoms with Gasteiger partial charge in [-0.3, -0.25) is 4.79 Å². The van der Waals surface area contributed by atoms with Gasteiger partial charge in [0.05, 0.1) is 0 Å². The molecule has 0 saturated heterocycles. The summed E-state index contributed by atoms with van der Waals surface area (Å²) >= 11 is 1.86. The Balaban J connectivity index is 1.81. The Hall–Kier alpha value is -0.760. The fourth-order valence-corrected chi connectivity index (χ4v) is 2.93. The third-order valence-corrected chi connectivity index (χ3v) is 4.36. The second-order valence-corrected chi connectivity index (χ2v) is 5.31. The zero-order valence-corrected chi connectivity index (χ0v) is 9.80. The van der Waals surface area contributed by atoms with Crippen LogP contribution < -0.4 is 0 Å². The third kappa shape index (κ3) is 2.63. The van der Waals surface area contributed by atoms with Gasteiger partial charge in [-0.15, -0.1) is 11.8 Å². The van der Waals surface area contributed by atoms with Gasteiger partial charge in [-0.25, -0.2) is 0 Å². The highest BCUT2D eigenvalue weighted by Crippen LogP contribution is 2.33.